The highest BCUT2D eigenvalue weighted by Gasteiger charge is 2.36. The smallest absolute Gasteiger partial charge is 0.322 e. The minimum Gasteiger partial charge on any atom is -0.334 e. The summed E-state index contributed by atoms with van der Waals surface area (Å²) in [6.45, 7) is 4.38. The van der Waals surface area contributed by atoms with Crippen LogP contribution in [0.3, 0.4) is 0 Å². The summed E-state index contributed by atoms with van der Waals surface area (Å²) in [5.74, 6) is 0.891. The molecule has 3 heterocycles. The lowest BCUT2D eigenvalue weighted by molar-refractivity contribution is 0.203. The van der Waals surface area contributed by atoms with Gasteiger partial charge in [0.05, 0.1) is 23.0 Å². The summed E-state index contributed by atoms with van der Waals surface area (Å²) in [6, 6.07) is 18.8. The largest absolute Gasteiger partial charge is 0.334 e. The molecule has 1 atom stereocenters. The van der Waals surface area contributed by atoms with Crippen molar-refractivity contribution < 1.29 is 9.32 Å². The van der Waals surface area contributed by atoms with Gasteiger partial charge in [-0.2, -0.15) is 4.98 Å². The van der Waals surface area contributed by atoms with E-state index in [0.717, 1.165) is 32.8 Å². The Kier molecular flexibility index (Phi) is 5.74. The second-order valence-electron chi connectivity index (χ2n) is 7.91. The standard InChI is InChI=1S/C25H21ClN4O2S/c1-15-6-3-7-17(12-15)14-30-16(2)21(24-28-23(29-32-24)20-10-5-11-33-20)22(27-25(30)31)18-8-4-9-19(26)13-18/h3-13,22H,14H2,1-2H3,(H,27,31). The van der Waals surface area contributed by atoms with Gasteiger partial charge in [-0.25, -0.2) is 4.79 Å². The molecule has 8 heteroatoms. The van der Waals surface area contributed by atoms with Crippen molar-refractivity contribution in [1.82, 2.24) is 20.4 Å². The normalized spacial score (nSPS) is 16.3. The van der Waals surface area contributed by atoms with Crippen molar-refractivity contribution in [3.05, 3.63) is 99.3 Å². The van der Waals surface area contributed by atoms with E-state index in [1.54, 1.807) is 22.3 Å². The van der Waals surface area contributed by atoms with Crippen LogP contribution in [-0.2, 0) is 6.54 Å². The Balaban J connectivity index is 1.61. The third-order valence-corrected chi connectivity index (χ3v) is 6.70. The molecular formula is C25H21ClN4O2S. The number of carbonyl (C=O) groups excluding carboxylic acids is 1. The van der Waals surface area contributed by atoms with Crippen molar-refractivity contribution >= 4 is 34.5 Å². The predicted molar refractivity (Wildman–Crippen MR) is 130 cm³/mol. The van der Waals surface area contributed by atoms with E-state index in [0.29, 0.717) is 23.3 Å². The number of urea groups is 1. The van der Waals surface area contributed by atoms with E-state index < -0.39 is 6.04 Å². The number of hydrogen-bond acceptors (Lipinski definition) is 5. The maximum absolute atomic E-state index is 13.2. The first-order valence-corrected chi connectivity index (χ1v) is 11.7. The number of allylic oxidation sites excluding steroid dienone is 1. The molecule has 33 heavy (non-hydrogen) atoms. The Morgan fingerprint density at radius 3 is 2.73 bits per heavy atom. The van der Waals surface area contributed by atoms with Gasteiger partial charge >= 0.3 is 6.03 Å². The molecule has 2 aromatic heterocycles. The number of amides is 2. The molecule has 2 aromatic carbocycles. The van der Waals surface area contributed by atoms with Crippen molar-refractivity contribution in [3.63, 3.8) is 0 Å². The van der Waals surface area contributed by atoms with Crippen LogP contribution in [0.15, 0.2) is 76.3 Å². The van der Waals surface area contributed by atoms with Gasteiger partial charge in [0.2, 0.25) is 5.82 Å². The van der Waals surface area contributed by atoms with E-state index in [4.69, 9.17) is 16.1 Å². The number of halogens is 1. The van der Waals surface area contributed by atoms with Crippen LogP contribution in [0.25, 0.3) is 16.3 Å². The Morgan fingerprint density at radius 1 is 1.12 bits per heavy atom. The number of rotatable bonds is 5. The van der Waals surface area contributed by atoms with Crippen molar-refractivity contribution in [3.8, 4) is 10.7 Å². The van der Waals surface area contributed by atoms with Gasteiger partial charge in [-0.1, -0.05) is 64.8 Å². The maximum atomic E-state index is 13.2. The van der Waals surface area contributed by atoms with E-state index in [9.17, 15) is 4.79 Å². The highest BCUT2D eigenvalue weighted by atomic mass is 35.5. The summed E-state index contributed by atoms with van der Waals surface area (Å²) in [6.07, 6.45) is 0. The van der Waals surface area contributed by atoms with Crippen LogP contribution in [-0.4, -0.2) is 21.1 Å². The van der Waals surface area contributed by atoms with Gasteiger partial charge in [0.15, 0.2) is 0 Å². The third-order valence-electron chi connectivity index (χ3n) is 5.60. The molecule has 2 amide bonds. The summed E-state index contributed by atoms with van der Waals surface area (Å²) in [4.78, 5) is 20.5. The Morgan fingerprint density at radius 2 is 1.97 bits per heavy atom. The predicted octanol–water partition coefficient (Wildman–Crippen LogP) is 6.46. The first-order valence-electron chi connectivity index (χ1n) is 10.5. The molecule has 166 valence electrons. The van der Waals surface area contributed by atoms with Crippen molar-refractivity contribution in [1.29, 1.82) is 0 Å². The van der Waals surface area contributed by atoms with Crippen molar-refractivity contribution in [2.45, 2.75) is 26.4 Å². The van der Waals surface area contributed by atoms with E-state index in [1.165, 1.54) is 0 Å². The second kappa shape index (κ2) is 8.84. The first kappa shape index (κ1) is 21.4. The highest BCUT2D eigenvalue weighted by molar-refractivity contribution is 7.13. The molecule has 0 saturated carbocycles. The Bertz CT molecular complexity index is 1350. The van der Waals surface area contributed by atoms with Gasteiger partial charge < -0.3 is 9.84 Å². The molecule has 1 N–H and O–H groups in total. The summed E-state index contributed by atoms with van der Waals surface area (Å²) in [7, 11) is 0. The SMILES string of the molecule is CC1=C(c2nc(-c3cccs3)no2)C(c2cccc(Cl)c2)NC(=O)N1Cc1cccc(C)c1. The van der Waals surface area contributed by atoms with Crippen LogP contribution in [0, 0.1) is 6.92 Å². The molecule has 6 nitrogen and oxygen atoms in total. The number of nitrogens with zero attached hydrogens (tertiary/aromatic N) is 3. The van der Waals surface area contributed by atoms with E-state index in [1.807, 2.05) is 67.8 Å². The van der Waals surface area contributed by atoms with Gasteiger partial charge in [-0.15, -0.1) is 11.3 Å². The third kappa shape index (κ3) is 4.29. The summed E-state index contributed by atoms with van der Waals surface area (Å²) in [5, 5.41) is 9.86. The molecule has 0 spiro atoms. The van der Waals surface area contributed by atoms with Gasteiger partial charge in [-0.05, 0) is 48.6 Å². The zero-order valence-electron chi connectivity index (χ0n) is 18.1. The Labute approximate surface area is 200 Å². The number of thiophene rings is 1. The van der Waals surface area contributed by atoms with Crippen LogP contribution >= 0.6 is 22.9 Å². The number of aryl methyl sites for hydroxylation is 1. The fourth-order valence-electron chi connectivity index (χ4n) is 4.02. The number of benzene rings is 2. The lowest BCUT2D eigenvalue weighted by Gasteiger charge is -2.35. The van der Waals surface area contributed by atoms with Crippen molar-refractivity contribution in [2.24, 2.45) is 0 Å². The number of nitrogens with one attached hydrogen (secondary N) is 1. The zero-order valence-corrected chi connectivity index (χ0v) is 19.7. The number of aromatic nitrogens is 2. The zero-order chi connectivity index (χ0) is 22.9. The van der Waals surface area contributed by atoms with Gasteiger partial charge in [-0.3, -0.25) is 4.90 Å². The van der Waals surface area contributed by atoms with E-state index >= 15 is 0 Å². The average molecular weight is 477 g/mol. The van der Waals surface area contributed by atoms with Crippen LogP contribution in [0.5, 0.6) is 0 Å². The molecule has 4 aromatic rings. The second-order valence-corrected chi connectivity index (χ2v) is 9.30. The quantitative estimate of drug-likeness (QED) is 0.359. The van der Waals surface area contributed by atoms with Gasteiger partial charge in [0, 0.05) is 10.7 Å². The fraction of sp³-hybridized carbons (Fsp3) is 0.160. The van der Waals surface area contributed by atoms with Crippen LogP contribution in [0.2, 0.25) is 5.02 Å². The molecule has 0 bridgehead atoms. The molecule has 0 fully saturated rings. The monoisotopic (exact) mass is 476 g/mol. The fourth-order valence-corrected chi connectivity index (χ4v) is 4.86. The van der Waals surface area contributed by atoms with E-state index in [2.05, 4.69) is 21.5 Å². The minimum atomic E-state index is -0.471. The summed E-state index contributed by atoms with van der Waals surface area (Å²) in [5.41, 5.74) is 4.53. The van der Waals surface area contributed by atoms with Gasteiger partial charge in [0.25, 0.3) is 5.89 Å². The molecule has 0 radical (unpaired) electrons. The van der Waals surface area contributed by atoms with Crippen LogP contribution < -0.4 is 5.32 Å². The first-order chi connectivity index (χ1) is 16.0. The van der Waals surface area contributed by atoms with Crippen molar-refractivity contribution in [2.75, 3.05) is 0 Å². The summed E-state index contributed by atoms with van der Waals surface area (Å²) >= 11 is 7.81. The molecule has 1 unspecified atom stereocenters. The molecule has 1 aliphatic rings. The lowest BCUT2D eigenvalue weighted by Crippen LogP contribution is -2.45. The van der Waals surface area contributed by atoms with Crippen LogP contribution in [0.1, 0.15) is 35.5 Å². The topological polar surface area (TPSA) is 71.3 Å². The average Bonchev–Trinajstić information content (AvgIpc) is 3.48. The molecule has 0 aliphatic carbocycles. The number of hydrogen-bond donors (Lipinski definition) is 1. The molecule has 0 saturated heterocycles. The lowest BCUT2D eigenvalue weighted by atomic mass is 9.94. The highest BCUT2D eigenvalue weighted by Crippen LogP contribution is 2.38. The minimum absolute atomic E-state index is 0.194. The Hall–Kier alpha value is -3.42. The van der Waals surface area contributed by atoms with E-state index in [-0.39, 0.29) is 6.03 Å². The number of carbonyl (C=O) groups is 1. The summed E-state index contributed by atoms with van der Waals surface area (Å²) < 4.78 is 5.71. The molecule has 5 rings (SSSR count). The molecule has 1 aliphatic heterocycles. The maximum Gasteiger partial charge on any atom is 0.322 e. The van der Waals surface area contributed by atoms with Gasteiger partial charge in [0.1, 0.15) is 0 Å². The van der Waals surface area contributed by atoms with Crippen LogP contribution in [0.4, 0.5) is 4.79 Å². The molecular weight excluding hydrogens is 456 g/mol.